The number of hydrogen-bond donors (Lipinski definition) is 3. The summed E-state index contributed by atoms with van der Waals surface area (Å²) in [6, 6.07) is 14.2. The second-order valence-electron chi connectivity index (χ2n) is 7.75. The molecule has 1 aliphatic rings. The van der Waals surface area contributed by atoms with Crippen LogP contribution in [0.5, 0.6) is 0 Å². The summed E-state index contributed by atoms with van der Waals surface area (Å²) in [5.74, 6) is -1.94. The zero-order valence-corrected chi connectivity index (χ0v) is 20.6. The summed E-state index contributed by atoms with van der Waals surface area (Å²) >= 11 is 31.3. The first-order chi connectivity index (χ1) is 15.5. The number of nitrogens with one attached hydrogen (secondary N) is 2. The highest BCUT2D eigenvalue weighted by Crippen LogP contribution is 2.65. The summed E-state index contributed by atoms with van der Waals surface area (Å²) in [6.45, 7) is 0.285. The standard InChI is InChI=1S/C23H17Cl5FN3O/c24-13-3-11(4-14(25)6-13)20-21(23(20,27)28)22(33)32-17-1-2-19(26)12(5-17)10-31-18-8-15(29)7-16(30)9-18/h1-9,20-21,31H,10,30H2,(H,32,33)/t20-,21+/m0/s1. The summed E-state index contributed by atoms with van der Waals surface area (Å²) in [6.07, 6.45) is 0. The average Bonchev–Trinajstić information content (AvgIpc) is 3.29. The quantitative estimate of drug-likeness (QED) is 0.221. The van der Waals surface area contributed by atoms with Gasteiger partial charge in [0.25, 0.3) is 0 Å². The first-order valence-electron chi connectivity index (χ1n) is 9.77. The van der Waals surface area contributed by atoms with Gasteiger partial charge in [0.2, 0.25) is 5.91 Å². The van der Waals surface area contributed by atoms with Gasteiger partial charge in [0.1, 0.15) is 10.2 Å². The van der Waals surface area contributed by atoms with E-state index in [4.69, 9.17) is 63.7 Å². The van der Waals surface area contributed by atoms with E-state index in [1.54, 1.807) is 42.5 Å². The number of nitrogens with two attached hydrogens (primary N) is 1. The molecule has 172 valence electrons. The number of benzene rings is 3. The molecule has 3 aromatic carbocycles. The molecule has 0 aliphatic heterocycles. The van der Waals surface area contributed by atoms with E-state index in [1.165, 1.54) is 12.1 Å². The average molecular weight is 548 g/mol. The third-order valence-electron chi connectivity index (χ3n) is 5.30. The molecule has 0 aromatic heterocycles. The topological polar surface area (TPSA) is 67.2 Å². The van der Waals surface area contributed by atoms with Crippen molar-refractivity contribution < 1.29 is 9.18 Å². The van der Waals surface area contributed by atoms with Gasteiger partial charge in [-0.05, 0) is 65.7 Å². The molecule has 0 heterocycles. The van der Waals surface area contributed by atoms with Crippen molar-refractivity contribution in [3.63, 3.8) is 0 Å². The maximum absolute atomic E-state index is 13.6. The number of anilines is 3. The van der Waals surface area contributed by atoms with Gasteiger partial charge in [-0.25, -0.2) is 4.39 Å². The molecule has 0 radical (unpaired) electrons. The number of amides is 1. The minimum Gasteiger partial charge on any atom is -0.399 e. The van der Waals surface area contributed by atoms with Gasteiger partial charge in [-0.3, -0.25) is 4.79 Å². The molecule has 0 bridgehead atoms. The number of carbonyl (C=O) groups excluding carboxylic acids is 1. The first kappa shape index (κ1) is 24.2. The monoisotopic (exact) mass is 545 g/mol. The fourth-order valence-corrected chi connectivity index (χ4v) is 5.30. The van der Waals surface area contributed by atoms with E-state index in [0.717, 1.165) is 0 Å². The van der Waals surface area contributed by atoms with Crippen LogP contribution < -0.4 is 16.4 Å². The summed E-state index contributed by atoms with van der Waals surface area (Å²) in [5.41, 5.74) is 8.37. The molecule has 1 aliphatic carbocycles. The first-order valence-corrected chi connectivity index (χ1v) is 11.7. The third kappa shape index (κ3) is 5.44. The van der Waals surface area contributed by atoms with E-state index in [1.807, 2.05) is 0 Å². The highest BCUT2D eigenvalue weighted by molar-refractivity contribution is 6.53. The van der Waals surface area contributed by atoms with Crippen molar-refractivity contribution in [3.8, 4) is 0 Å². The Balaban J connectivity index is 1.47. The van der Waals surface area contributed by atoms with Crippen LogP contribution in [0.15, 0.2) is 54.6 Å². The highest BCUT2D eigenvalue weighted by Gasteiger charge is 2.67. The van der Waals surface area contributed by atoms with Crippen LogP contribution in [-0.4, -0.2) is 10.2 Å². The second-order valence-corrected chi connectivity index (χ2v) is 10.5. The van der Waals surface area contributed by atoms with Crippen LogP contribution in [0.3, 0.4) is 0 Å². The van der Waals surface area contributed by atoms with Gasteiger partial charge in [0, 0.05) is 44.6 Å². The molecule has 1 amide bonds. The number of halogens is 6. The van der Waals surface area contributed by atoms with Crippen molar-refractivity contribution in [2.45, 2.75) is 16.8 Å². The fraction of sp³-hybridized carbons (Fsp3) is 0.174. The molecule has 0 unspecified atom stereocenters. The maximum atomic E-state index is 13.6. The van der Waals surface area contributed by atoms with Gasteiger partial charge in [-0.2, -0.15) is 0 Å². The van der Waals surface area contributed by atoms with E-state index in [2.05, 4.69) is 10.6 Å². The Labute approximate surface area is 215 Å². The zero-order chi connectivity index (χ0) is 23.9. The van der Waals surface area contributed by atoms with Crippen LogP contribution in [0.4, 0.5) is 21.5 Å². The molecule has 1 fully saturated rings. The van der Waals surface area contributed by atoms with Gasteiger partial charge in [0.15, 0.2) is 0 Å². The van der Waals surface area contributed by atoms with Gasteiger partial charge in [-0.15, -0.1) is 23.2 Å². The summed E-state index contributed by atoms with van der Waals surface area (Å²) in [7, 11) is 0. The summed E-state index contributed by atoms with van der Waals surface area (Å²) < 4.78 is 12.3. The van der Waals surface area contributed by atoms with Crippen LogP contribution >= 0.6 is 58.0 Å². The number of rotatable bonds is 6. The lowest BCUT2D eigenvalue weighted by molar-refractivity contribution is -0.117. The highest BCUT2D eigenvalue weighted by atomic mass is 35.5. The molecule has 10 heteroatoms. The Morgan fingerprint density at radius 3 is 2.33 bits per heavy atom. The lowest BCUT2D eigenvalue weighted by Crippen LogP contribution is -2.17. The smallest absolute Gasteiger partial charge is 0.231 e. The van der Waals surface area contributed by atoms with E-state index in [-0.39, 0.29) is 12.5 Å². The van der Waals surface area contributed by atoms with Gasteiger partial charge in [-0.1, -0.05) is 34.8 Å². The minimum atomic E-state index is -1.29. The molecule has 0 saturated heterocycles. The van der Waals surface area contributed by atoms with Crippen molar-refractivity contribution in [2.24, 2.45) is 5.92 Å². The van der Waals surface area contributed by atoms with Gasteiger partial charge >= 0.3 is 0 Å². The van der Waals surface area contributed by atoms with Crippen molar-refractivity contribution in [1.82, 2.24) is 0 Å². The predicted molar refractivity (Wildman–Crippen MR) is 135 cm³/mol. The van der Waals surface area contributed by atoms with Crippen LogP contribution in [0.25, 0.3) is 0 Å². The molecule has 33 heavy (non-hydrogen) atoms. The molecular formula is C23H17Cl5FN3O. The fourth-order valence-electron chi connectivity index (χ4n) is 3.74. The Kier molecular flexibility index (Phi) is 6.90. The van der Waals surface area contributed by atoms with Crippen molar-refractivity contribution in [1.29, 1.82) is 0 Å². The Morgan fingerprint density at radius 2 is 1.67 bits per heavy atom. The summed E-state index contributed by atoms with van der Waals surface area (Å²) in [5, 5.41) is 7.24. The number of nitrogen functional groups attached to an aromatic ring is 1. The van der Waals surface area contributed by atoms with Crippen LogP contribution in [0.2, 0.25) is 15.1 Å². The Morgan fingerprint density at radius 1 is 0.970 bits per heavy atom. The van der Waals surface area contributed by atoms with E-state index < -0.39 is 22.0 Å². The van der Waals surface area contributed by atoms with Gasteiger partial charge < -0.3 is 16.4 Å². The van der Waals surface area contributed by atoms with Crippen LogP contribution in [-0.2, 0) is 11.3 Å². The van der Waals surface area contributed by atoms with Crippen molar-refractivity contribution in [3.05, 3.63) is 86.6 Å². The predicted octanol–water partition coefficient (Wildman–Crippen LogP) is 7.51. The lowest BCUT2D eigenvalue weighted by atomic mass is 10.1. The largest absolute Gasteiger partial charge is 0.399 e. The van der Waals surface area contributed by atoms with Crippen molar-refractivity contribution in [2.75, 3.05) is 16.4 Å². The zero-order valence-electron chi connectivity index (χ0n) is 16.8. The molecule has 1 saturated carbocycles. The van der Waals surface area contributed by atoms with Gasteiger partial charge in [0.05, 0.1) is 5.92 Å². The molecule has 4 rings (SSSR count). The SMILES string of the molecule is Nc1cc(F)cc(NCc2cc(NC(=O)[C@H]3[C@H](c4cc(Cl)cc(Cl)c4)C3(Cl)Cl)ccc2Cl)c1. The molecule has 3 aromatic rings. The molecule has 0 spiro atoms. The van der Waals surface area contributed by atoms with E-state index in [0.29, 0.717) is 43.3 Å². The van der Waals surface area contributed by atoms with E-state index >= 15 is 0 Å². The molecular weight excluding hydrogens is 531 g/mol. The third-order valence-corrected chi connectivity index (χ3v) is 7.04. The minimum absolute atomic E-state index is 0.285. The Hall–Kier alpha value is -1.89. The maximum Gasteiger partial charge on any atom is 0.231 e. The molecule has 4 nitrogen and oxygen atoms in total. The normalized spacial score (nSPS) is 18.6. The van der Waals surface area contributed by atoms with Crippen LogP contribution in [0.1, 0.15) is 17.0 Å². The number of alkyl halides is 2. The van der Waals surface area contributed by atoms with Crippen molar-refractivity contribution >= 4 is 81.0 Å². The number of hydrogen-bond acceptors (Lipinski definition) is 3. The second kappa shape index (κ2) is 9.40. The van der Waals surface area contributed by atoms with Crippen LogP contribution in [0, 0.1) is 11.7 Å². The Bertz CT molecular complexity index is 1200. The summed E-state index contributed by atoms with van der Waals surface area (Å²) in [4.78, 5) is 12.9. The lowest BCUT2D eigenvalue weighted by Gasteiger charge is -2.12. The van der Waals surface area contributed by atoms with E-state index in [9.17, 15) is 9.18 Å². The molecule has 4 N–H and O–H groups in total. The molecule has 2 atom stereocenters. The number of carbonyl (C=O) groups is 1.